The van der Waals surface area contributed by atoms with E-state index >= 15 is 0 Å². The van der Waals surface area contributed by atoms with E-state index in [1.54, 1.807) is 0 Å². The summed E-state index contributed by atoms with van der Waals surface area (Å²) < 4.78 is 0. The number of benzene rings is 2. The van der Waals surface area contributed by atoms with Crippen molar-refractivity contribution < 1.29 is 4.79 Å². The third-order valence-corrected chi connectivity index (χ3v) is 3.85. The van der Waals surface area contributed by atoms with E-state index in [1.807, 2.05) is 36.4 Å². The molecule has 3 nitrogen and oxygen atoms in total. The van der Waals surface area contributed by atoms with E-state index in [-0.39, 0.29) is 11.2 Å². The van der Waals surface area contributed by atoms with Gasteiger partial charge in [0.15, 0.2) is 11.2 Å². The van der Waals surface area contributed by atoms with E-state index in [4.69, 9.17) is 0 Å². The van der Waals surface area contributed by atoms with Crippen molar-refractivity contribution in [3.8, 4) is 0 Å². The summed E-state index contributed by atoms with van der Waals surface area (Å²) in [5.74, 6) is 0.0437. The molecular weight excluding hydrogens is 238 g/mol. The summed E-state index contributed by atoms with van der Waals surface area (Å²) in [6, 6.07) is 11.8. The summed E-state index contributed by atoms with van der Waals surface area (Å²) in [6.45, 7) is 0. The van der Waals surface area contributed by atoms with Gasteiger partial charge in [-0.25, -0.2) is 0 Å². The van der Waals surface area contributed by atoms with E-state index in [9.17, 15) is 9.59 Å². The highest BCUT2D eigenvalue weighted by atomic mass is 16.1. The number of rotatable bonds is 0. The Labute approximate surface area is 108 Å². The fourth-order valence-electron chi connectivity index (χ4n) is 2.86. The van der Waals surface area contributed by atoms with Crippen molar-refractivity contribution in [3.63, 3.8) is 0 Å². The number of pyridine rings is 1. The van der Waals surface area contributed by atoms with Crippen molar-refractivity contribution in [2.24, 2.45) is 0 Å². The lowest BCUT2D eigenvalue weighted by molar-refractivity contribution is 0.0990. The Morgan fingerprint density at radius 1 is 0.947 bits per heavy atom. The lowest BCUT2D eigenvalue weighted by Crippen LogP contribution is -2.11. The minimum atomic E-state index is 0.000327. The van der Waals surface area contributed by atoms with Crippen molar-refractivity contribution in [2.45, 2.75) is 12.8 Å². The smallest absolute Gasteiger partial charge is 0.193 e. The van der Waals surface area contributed by atoms with Gasteiger partial charge in [0.25, 0.3) is 0 Å². The van der Waals surface area contributed by atoms with Crippen molar-refractivity contribution in [3.05, 3.63) is 57.9 Å². The Morgan fingerprint density at radius 2 is 1.68 bits per heavy atom. The van der Waals surface area contributed by atoms with Gasteiger partial charge in [-0.1, -0.05) is 24.3 Å². The maximum Gasteiger partial charge on any atom is 0.193 e. The van der Waals surface area contributed by atoms with Crippen LogP contribution >= 0.6 is 0 Å². The number of carbonyl (C=O) groups is 1. The van der Waals surface area contributed by atoms with Crippen LogP contribution in [0.5, 0.6) is 0 Å². The first-order valence-electron chi connectivity index (χ1n) is 6.35. The van der Waals surface area contributed by atoms with Gasteiger partial charge in [-0.2, -0.15) is 0 Å². The highest BCUT2D eigenvalue weighted by molar-refractivity contribution is 6.03. The second-order valence-corrected chi connectivity index (χ2v) is 4.98. The summed E-state index contributed by atoms with van der Waals surface area (Å²) in [4.78, 5) is 27.3. The molecule has 0 saturated carbocycles. The fraction of sp³-hybridized carbons (Fsp3) is 0.125. The standard InChI is InChI=1S/C16H11NO2/c18-14-6-5-11-15(14)17-13-8-10-4-2-1-3-9(10)7-12(13)16(11)19/h1-4,7-8H,5-6H2,(H,17,19). The van der Waals surface area contributed by atoms with Gasteiger partial charge in [-0.15, -0.1) is 0 Å². The molecule has 19 heavy (non-hydrogen) atoms. The van der Waals surface area contributed by atoms with Gasteiger partial charge >= 0.3 is 0 Å². The first-order valence-corrected chi connectivity index (χ1v) is 6.35. The molecule has 1 aliphatic rings. The number of hydrogen-bond acceptors (Lipinski definition) is 2. The van der Waals surface area contributed by atoms with Crippen molar-refractivity contribution in [2.75, 3.05) is 0 Å². The van der Waals surface area contributed by atoms with Crippen LogP contribution in [-0.4, -0.2) is 10.8 Å². The molecule has 0 saturated heterocycles. The van der Waals surface area contributed by atoms with Crippen LogP contribution in [0.3, 0.4) is 0 Å². The molecule has 3 heteroatoms. The molecule has 1 aromatic heterocycles. The number of hydrogen-bond donors (Lipinski definition) is 1. The number of Topliss-reactive ketones (excluding diaryl/α,β-unsaturated/α-hetero) is 1. The molecule has 1 heterocycles. The molecule has 1 N–H and O–H groups in total. The molecule has 92 valence electrons. The van der Waals surface area contributed by atoms with Crippen LogP contribution in [0.2, 0.25) is 0 Å². The van der Waals surface area contributed by atoms with Crippen LogP contribution in [0.15, 0.2) is 41.2 Å². The maximum atomic E-state index is 12.4. The molecule has 0 amide bonds. The van der Waals surface area contributed by atoms with Crippen molar-refractivity contribution in [1.29, 1.82) is 0 Å². The summed E-state index contributed by atoms with van der Waals surface area (Å²) in [5.41, 5.74) is 1.90. The third-order valence-electron chi connectivity index (χ3n) is 3.85. The minimum absolute atomic E-state index is 0.000327. The average molecular weight is 249 g/mol. The Hall–Kier alpha value is -2.42. The molecule has 0 bridgehead atoms. The van der Waals surface area contributed by atoms with Crippen LogP contribution < -0.4 is 5.43 Å². The van der Waals surface area contributed by atoms with Crippen LogP contribution in [-0.2, 0) is 6.42 Å². The van der Waals surface area contributed by atoms with Gasteiger partial charge in [0.05, 0.1) is 11.2 Å². The number of H-pyrrole nitrogens is 1. The number of aromatic nitrogens is 1. The quantitative estimate of drug-likeness (QED) is 0.623. The second kappa shape index (κ2) is 3.54. The Balaban J connectivity index is 2.21. The highest BCUT2D eigenvalue weighted by Gasteiger charge is 2.24. The molecule has 2 aromatic carbocycles. The first-order chi connectivity index (χ1) is 9.24. The van der Waals surface area contributed by atoms with E-state index in [2.05, 4.69) is 4.98 Å². The second-order valence-electron chi connectivity index (χ2n) is 4.98. The van der Waals surface area contributed by atoms with Crippen LogP contribution in [0.1, 0.15) is 22.5 Å². The van der Waals surface area contributed by atoms with E-state index < -0.39 is 0 Å². The van der Waals surface area contributed by atoms with Crippen LogP contribution in [0, 0.1) is 0 Å². The average Bonchev–Trinajstić information content (AvgIpc) is 2.79. The molecular formula is C16H11NO2. The van der Waals surface area contributed by atoms with E-state index in [0.717, 1.165) is 16.3 Å². The normalized spacial score (nSPS) is 14.2. The summed E-state index contributed by atoms with van der Waals surface area (Å²) in [5, 5.41) is 2.79. The SMILES string of the molecule is O=C1CCc2c1[nH]c1cc3ccccc3cc1c2=O. The molecule has 0 atom stereocenters. The topological polar surface area (TPSA) is 49.9 Å². The Morgan fingerprint density at radius 3 is 2.47 bits per heavy atom. The zero-order valence-corrected chi connectivity index (χ0v) is 10.2. The molecule has 4 rings (SSSR count). The van der Waals surface area contributed by atoms with Crippen molar-refractivity contribution >= 4 is 27.5 Å². The Bertz CT molecular complexity index is 906. The monoisotopic (exact) mass is 249 g/mol. The maximum absolute atomic E-state index is 12.4. The summed E-state index contributed by atoms with van der Waals surface area (Å²) >= 11 is 0. The zero-order chi connectivity index (χ0) is 13.0. The molecule has 1 aliphatic carbocycles. The number of nitrogens with one attached hydrogen (secondary N) is 1. The third kappa shape index (κ3) is 1.38. The summed E-state index contributed by atoms with van der Waals surface area (Å²) in [7, 11) is 0. The van der Waals surface area contributed by atoms with Gasteiger partial charge in [-0.05, 0) is 29.3 Å². The molecule has 0 spiro atoms. The number of aromatic amines is 1. The predicted octanol–water partition coefficient (Wildman–Crippen LogP) is 2.81. The number of fused-ring (bicyclic) bond motifs is 3. The van der Waals surface area contributed by atoms with E-state index in [0.29, 0.717) is 29.5 Å². The summed E-state index contributed by atoms with van der Waals surface area (Å²) in [6.07, 6.45) is 1.00. The van der Waals surface area contributed by atoms with Gasteiger partial charge in [-0.3, -0.25) is 9.59 Å². The highest BCUT2D eigenvalue weighted by Crippen LogP contribution is 2.24. The zero-order valence-electron chi connectivity index (χ0n) is 10.2. The first kappa shape index (κ1) is 10.5. The predicted molar refractivity (Wildman–Crippen MR) is 74.7 cm³/mol. The van der Waals surface area contributed by atoms with Gasteiger partial charge in [0.1, 0.15) is 0 Å². The Kier molecular flexibility index (Phi) is 1.96. The largest absolute Gasteiger partial charge is 0.352 e. The van der Waals surface area contributed by atoms with Gasteiger partial charge in [0, 0.05) is 17.4 Å². The fourth-order valence-corrected chi connectivity index (χ4v) is 2.86. The minimum Gasteiger partial charge on any atom is -0.352 e. The molecule has 0 fully saturated rings. The van der Waals surface area contributed by atoms with Crippen LogP contribution in [0.4, 0.5) is 0 Å². The number of ketones is 1. The van der Waals surface area contributed by atoms with Gasteiger partial charge in [0.2, 0.25) is 0 Å². The van der Waals surface area contributed by atoms with Crippen molar-refractivity contribution in [1.82, 2.24) is 4.98 Å². The lowest BCUT2D eigenvalue weighted by Gasteiger charge is -2.05. The van der Waals surface area contributed by atoms with Crippen LogP contribution in [0.25, 0.3) is 21.7 Å². The molecule has 3 aromatic rings. The lowest BCUT2D eigenvalue weighted by atomic mass is 10.0. The number of carbonyl (C=O) groups excluding carboxylic acids is 1. The van der Waals surface area contributed by atoms with Gasteiger partial charge < -0.3 is 4.98 Å². The molecule has 0 unspecified atom stereocenters. The molecule has 0 radical (unpaired) electrons. The van der Waals surface area contributed by atoms with E-state index in [1.165, 1.54) is 0 Å². The molecule has 0 aliphatic heterocycles.